The van der Waals surface area contributed by atoms with Crippen molar-refractivity contribution in [3.63, 3.8) is 0 Å². The zero-order valence-electron chi connectivity index (χ0n) is 31.1. The second kappa shape index (κ2) is 42.2. The van der Waals surface area contributed by atoms with E-state index >= 15 is 0 Å². The average Bonchev–Trinajstić information content (AvgIpc) is 3.08. The van der Waals surface area contributed by atoms with Crippen molar-refractivity contribution in [2.24, 2.45) is 5.92 Å². The largest absolute Gasteiger partial charge is 2.00 e. The average molecular weight is 1110 g/mol. The molecule has 0 amide bonds. The molecule has 0 heterocycles. The predicted octanol–water partition coefficient (Wildman–Crippen LogP) is -14.6. The van der Waals surface area contributed by atoms with Crippen molar-refractivity contribution in [3.8, 4) is 0 Å². The van der Waals surface area contributed by atoms with Gasteiger partial charge in [0.1, 0.15) is 55.4 Å². The van der Waals surface area contributed by atoms with Gasteiger partial charge in [0, 0.05) is 5.92 Å². The zero-order valence-corrected chi connectivity index (χ0v) is 44.4. The van der Waals surface area contributed by atoms with Crippen LogP contribution in [0, 0.1) is 5.92 Å². The van der Waals surface area contributed by atoms with Gasteiger partial charge in [0.2, 0.25) is 0 Å². The smallest absolute Gasteiger partial charge is 0.790 e. The molecule has 0 fully saturated rings. The first-order valence-corrected chi connectivity index (χ1v) is 21.6. The molecule has 0 aromatic carbocycles. The van der Waals surface area contributed by atoms with Crippen molar-refractivity contribution >= 4 is 202 Å². The zero-order chi connectivity index (χ0) is 46.2. The van der Waals surface area contributed by atoms with Gasteiger partial charge in [0.05, 0.1) is 69.7 Å². The molecule has 0 aliphatic carbocycles. The number of phosphoric ester groups is 5. The van der Waals surface area contributed by atoms with E-state index in [0.717, 1.165) is 0 Å². The van der Waals surface area contributed by atoms with E-state index in [1.54, 1.807) is 0 Å². The van der Waals surface area contributed by atoms with Crippen LogP contribution in [0.15, 0.2) is 0 Å². The van der Waals surface area contributed by atoms with Gasteiger partial charge in [-0.15, -0.1) is 0 Å². The molecule has 0 aliphatic rings. The topological polar surface area (TPSA) is 607 Å². The summed E-state index contributed by atoms with van der Waals surface area (Å²) in [6.45, 7) is -6.04. The molecule has 15 N–H and O–H groups in total. The molecule has 33 nitrogen and oxygen atoms in total. The van der Waals surface area contributed by atoms with Gasteiger partial charge < -0.3 is 137 Å². The maximum atomic E-state index is 11.1. The molecule has 61 heavy (non-hydrogen) atoms. The molecule has 0 spiro atoms. The summed E-state index contributed by atoms with van der Waals surface area (Å²) < 4.78 is 68.8. The van der Waals surface area contributed by atoms with Crippen LogP contribution in [0.4, 0.5) is 0 Å². The number of aliphatic hydroxyl groups excluding tert-OH is 11. The van der Waals surface area contributed by atoms with Gasteiger partial charge in [-0.1, -0.05) is 0 Å². The number of aliphatic hydroxyl groups is 11. The van der Waals surface area contributed by atoms with Gasteiger partial charge in [0.15, 0.2) is 12.1 Å². The number of phosphoric acid groups is 5. The van der Waals surface area contributed by atoms with Gasteiger partial charge in [-0.25, -0.2) is 9.13 Å². The van der Waals surface area contributed by atoms with Gasteiger partial charge in [0.25, 0.3) is 0 Å². The summed E-state index contributed by atoms with van der Waals surface area (Å²) >= 11 is 0. The Labute approximate surface area is 463 Å². The van der Waals surface area contributed by atoms with Gasteiger partial charge in [-0.2, -0.15) is 0 Å². The van der Waals surface area contributed by atoms with E-state index in [0.29, 0.717) is 0 Å². The minimum absolute atomic E-state index is 0. The van der Waals surface area contributed by atoms with Crippen LogP contribution in [0.5, 0.6) is 0 Å². The molecule has 8 atom stereocenters. The Morgan fingerprint density at radius 3 is 1.15 bits per heavy atom. The predicted molar refractivity (Wildman–Crippen MR) is 184 cm³/mol. The van der Waals surface area contributed by atoms with Crippen LogP contribution in [0.1, 0.15) is 0 Å². The van der Waals surface area contributed by atoms with Crippen LogP contribution < -0.4 is 29.4 Å². The molecule has 346 valence electrons. The molecular weight excluding hydrogens is 1070 g/mol. The van der Waals surface area contributed by atoms with E-state index in [-0.39, 0.29) is 157 Å². The van der Waals surface area contributed by atoms with Crippen molar-refractivity contribution in [2.45, 2.75) is 48.8 Å². The first kappa shape index (κ1) is 82.4. The fourth-order valence-corrected chi connectivity index (χ4v) is 4.00. The number of hydrogen-bond donors (Lipinski definition) is 15. The number of Topliss-reactive ketones (excluding diaryl/α,β-unsaturated/α-hetero) is 1. The molecular formula is C19H41Ca4O33P5+2. The fraction of sp³-hybridized carbons (Fsp3) is 0.895. The van der Waals surface area contributed by atoms with Gasteiger partial charge >= 0.3 is 167 Å². The van der Waals surface area contributed by atoms with Crippen LogP contribution in [-0.4, -0.2) is 340 Å². The van der Waals surface area contributed by atoms with E-state index in [4.69, 9.17) is 65.5 Å². The SMILES string of the molecule is O=C(COP(=O)(O)O)C(O)C(O)C(O)COP(=O)([O-])[O-].O=CC(O)C(O)C(O)C(O)COP(=O)([O-])[O-].O=P(O)(O)OCC(O)CO.O=P([O-])([O-])OCC(CO)CO.[Ca+2].[Ca+2].[Ca+2].[Ca+2]. The van der Waals surface area contributed by atoms with Gasteiger partial charge in [-0.3, -0.25) is 13.8 Å². The quantitative estimate of drug-likeness (QED) is 0.0229. The van der Waals surface area contributed by atoms with E-state index in [1.807, 2.05) is 0 Å². The third-order valence-electron chi connectivity index (χ3n) is 5.09. The van der Waals surface area contributed by atoms with Crippen molar-refractivity contribution in [1.82, 2.24) is 0 Å². The number of rotatable bonds is 25. The van der Waals surface area contributed by atoms with Crippen LogP contribution in [-0.2, 0) is 55.0 Å². The number of carbonyl (C=O) groups excluding carboxylic acids is 2. The summed E-state index contributed by atoms with van der Waals surface area (Å²) in [5, 5.41) is 96.9. The molecule has 42 heteroatoms. The Morgan fingerprint density at radius 1 is 0.508 bits per heavy atom. The van der Waals surface area contributed by atoms with Crippen LogP contribution in [0.25, 0.3) is 0 Å². The molecule has 0 rings (SSSR count). The molecule has 8 unspecified atom stereocenters. The summed E-state index contributed by atoms with van der Waals surface area (Å²) in [6, 6.07) is 0. The molecule has 0 aromatic heterocycles. The molecule has 0 radical (unpaired) electrons. The second-order valence-electron chi connectivity index (χ2n) is 9.99. The molecule has 0 bridgehead atoms. The van der Waals surface area contributed by atoms with Crippen molar-refractivity contribution in [3.05, 3.63) is 0 Å². The van der Waals surface area contributed by atoms with Gasteiger partial charge in [-0.05, 0) is 0 Å². The summed E-state index contributed by atoms with van der Waals surface area (Å²) in [4.78, 5) is 114. The third kappa shape index (κ3) is 57.0. The normalized spacial score (nSPS) is 15.7. The summed E-state index contributed by atoms with van der Waals surface area (Å²) in [5.74, 6) is -2.11. The van der Waals surface area contributed by atoms with Crippen LogP contribution in [0.3, 0.4) is 0 Å². The number of aldehydes is 1. The molecule has 0 aromatic rings. The Balaban J connectivity index is -0.000000104. The second-order valence-corrected chi connectivity index (χ2v) is 15.9. The molecule has 0 aliphatic heterocycles. The molecule has 0 saturated carbocycles. The Bertz CT molecular complexity index is 1340. The van der Waals surface area contributed by atoms with E-state index in [9.17, 15) is 72.0 Å². The first-order chi connectivity index (χ1) is 25.5. The minimum atomic E-state index is -5.41. The first-order valence-electron chi connectivity index (χ1n) is 14.1. The van der Waals surface area contributed by atoms with Crippen LogP contribution >= 0.6 is 39.1 Å². The summed E-state index contributed by atoms with van der Waals surface area (Å²) in [5.41, 5.74) is 0. The number of ketones is 1. The third-order valence-corrected chi connectivity index (χ3v) is 7.44. The van der Waals surface area contributed by atoms with Crippen molar-refractivity contribution in [2.75, 3.05) is 52.9 Å². The standard InChI is InChI=1S/C6H14O12P2.C6H13O9P.C4H11O6P.C3H9O6P.4Ca/c7-3(1-17-19(11,12)13)5(9)6(10)4(8)2-18-20(14,15)16;7-1-3(8)5(10)6(11)4(9)2-15-16(12,13)14;5-1-4(2-6)3-10-11(7,8)9;4-1-3(5)2-9-10(6,7)8;;;;/h3,5-7,9-10H,1-2H2,(H2,11,12,13)(H2,14,15,16);1,3-6,8-11H,2H2,(H2,12,13,14);4-6H,1-3H2,(H2,7,8,9);3-5H,1-2H2,(H2,6,7,8);;;;/q;;;;4*+2/p-6. The Hall–Kier alpha value is 4.49. The molecule has 0 saturated heterocycles. The Kier molecular flexibility index (Phi) is 57.0. The Morgan fingerprint density at radius 2 is 0.852 bits per heavy atom. The van der Waals surface area contributed by atoms with Crippen LogP contribution in [0.2, 0.25) is 0 Å². The fourth-order valence-electron chi connectivity index (χ4n) is 2.27. The summed E-state index contributed by atoms with van der Waals surface area (Å²) in [7, 11) is -25.2. The van der Waals surface area contributed by atoms with E-state index < -0.39 is 153 Å². The maximum absolute atomic E-state index is 11.1. The number of hydrogen-bond acceptors (Lipinski definition) is 29. The van der Waals surface area contributed by atoms with Crippen molar-refractivity contribution < 1.29 is 160 Å². The van der Waals surface area contributed by atoms with E-state index in [2.05, 4.69) is 22.6 Å². The van der Waals surface area contributed by atoms with Crippen molar-refractivity contribution in [1.29, 1.82) is 0 Å². The summed E-state index contributed by atoms with van der Waals surface area (Å²) in [6.07, 6.45) is -16.0. The monoisotopic (exact) mass is 1110 g/mol. The van der Waals surface area contributed by atoms with E-state index in [1.165, 1.54) is 0 Å². The number of carbonyl (C=O) groups is 2. The maximum Gasteiger partial charge on any atom is 2.00 e. The minimum Gasteiger partial charge on any atom is -0.790 e.